The molecule has 0 fully saturated rings. The Labute approximate surface area is 317 Å². The van der Waals surface area contributed by atoms with Gasteiger partial charge in [0, 0.05) is 38.4 Å². The van der Waals surface area contributed by atoms with Crippen LogP contribution in [0.4, 0.5) is 0 Å². The van der Waals surface area contributed by atoms with Crippen LogP contribution < -0.4 is 0 Å². The maximum absolute atomic E-state index is 6.50. The van der Waals surface area contributed by atoms with E-state index in [4.69, 9.17) is 24.4 Å². The van der Waals surface area contributed by atoms with E-state index in [0.717, 1.165) is 66.3 Å². The predicted octanol–water partition coefficient (Wildman–Crippen LogP) is 12.1. The summed E-state index contributed by atoms with van der Waals surface area (Å²) >= 11 is 0. The third kappa shape index (κ3) is 4.88. The molecule has 0 spiro atoms. The van der Waals surface area contributed by atoms with E-state index >= 15 is 0 Å². The molecule has 11 rings (SSSR count). The fraction of sp³-hybridized carbons (Fsp3) is 0.0612. The van der Waals surface area contributed by atoms with Crippen molar-refractivity contribution in [1.29, 1.82) is 0 Å². The van der Waals surface area contributed by atoms with Crippen LogP contribution >= 0.6 is 0 Å². The van der Waals surface area contributed by atoms with Crippen molar-refractivity contribution in [3.05, 3.63) is 175 Å². The normalized spacial score (nSPS) is 13.1. The molecule has 3 heterocycles. The van der Waals surface area contributed by atoms with Gasteiger partial charge in [0.05, 0.1) is 11.0 Å². The average Bonchev–Trinajstić information content (AvgIpc) is 3.90. The highest BCUT2D eigenvalue weighted by atomic mass is 16.3. The van der Waals surface area contributed by atoms with E-state index in [1.165, 1.54) is 16.7 Å². The van der Waals surface area contributed by atoms with Crippen molar-refractivity contribution in [1.82, 2.24) is 24.5 Å². The summed E-state index contributed by atoms with van der Waals surface area (Å²) in [6, 6.07) is 56.7. The monoisotopic (exact) mass is 707 g/mol. The van der Waals surface area contributed by atoms with Crippen LogP contribution in [-0.4, -0.2) is 24.5 Å². The van der Waals surface area contributed by atoms with E-state index in [0.29, 0.717) is 23.5 Å². The first-order valence-corrected chi connectivity index (χ1v) is 18.6. The number of nitrogens with zero attached hydrogens (tertiary/aromatic N) is 5. The Morgan fingerprint density at radius 3 is 1.71 bits per heavy atom. The molecule has 0 unspecified atom stereocenters. The third-order valence-electron chi connectivity index (χ3n) is 11.1. The van der Waals surface area contributed by atoms with Crippen molar-refractivity contribution < 1.29 is 4.42 Å². The van der Waals surface area contributed by atoms with E-state index in [9.17, 15) is 0 Å². The van der Waals surface area contributed by atoms with Crippen molar-refractivity contribution in [3.63, 3.8) is 0 Å². The summed E-state index contributed by atoms with van der Waals surface area (Å²) in [7, 11) is 0. The standard InChI is InChI=1S/C49H33N5O/c1-49(2)38-27-28-40-44(55-47(50-40)33-15-7-4-8-16-33)43(38)37-26-25-34(29-39(37)49)30-21-23-32(24-22-30)46-51-45(31-13-5-3-6-14-31)52-48(53-46)54-41-19-11-9-17-35(41)36-18-10-12-20-42(36)54/h3-29H,1-2H3. The maximum Gasteiger partial charge on any atom is 0.238 e. The minimum atomic E-state index is -0.212. The van der Waals surface area contributed by atoms with E-state index in [-0.39, 0.29) is 5.41 Å². The van der Waals surface area contributed by atoms with Crippen LogP contribution in [0.3, 0.4) is 0 Å². The molecule has 260 valence electrons. The molecule has 10 aromatic rings. The summed E-state index contributed by atoms with van der Waals surface area (Å²) in [5, 5.41) is 2.32. The first-order valence-electron chi connectivity index (χ1n) is 18.6. The van der Waals surface area contributed by atoms with Gasteiger partial charge in [-0.1, -0.05) is 141 Å². The predicted molar refractivity (Wildman–Crippen MR) is 221 cm³/mol. The van der Waals surface area contributed by atoms with Crippen LogP contribution in [0.5, 0.6) is 0 Å². The minimum Gasteiger partial charge on any atom is -0.435 e. The van der Waals surface area contributed by atoms with Gasteiger partial charge >= 0.3 is 0 Å². The molecular formula is C49H33N5O. The summed E-state index contributed by atoms with van der Waals surface area (Å²) in [6.45, 7) is 4.59. The molecule has 55 heavy (non-hydrogen) atoms. The Kier molecular flexibility index (Phi) is 6.79. The molecule has 0 atom stereocenters. The van der Waals surface area contributed by atoms with E-state index < -0.39 is 0 Å². The lowest BCUT2D eigenvalue weighted by molar-refractivity contribution is 0.618. The van der Waals surface area contributed by atoms with Gasteiger partial charge in [0.15, 0.2) is 17.2 Å². The Morgan fingerprint density at radius 2 is 1.04 bits per heavy atom. The number of hydrogen-bond acceptors (Lipinski definition) is 5. The van der Waals surface area contributed by atoms with Gasteiger partial charge in [-0.25, -0.2) is 9.97 Å². The molecule has 0 saturated carbocycles. The Bertz CT molecular complexity index is 3050. The number of para-hydroxylation sites is 2. The molecule has 6 nitrogen and oxygen atoms in total. The van der Waals surface area contributed by atoms with Gasteiger partial charge in [0.25, 0.3) is 0 Å². The van der Waals surface area contributed by atoms with E-state index in [1.807, 2.05) is 60.7 Å². The zero-order valence-corrected chi connectivity index (χ0v) is 30.2. The molecule has 3 aromatic heterocycles. The Morgan fingerprint density at radius 1 is 0.473 bits per heavy atom. The van der Waals surface area contributed by atoms with Gasteiger partial charge in [-0.05, 0) is 64.2 Å². The number of rotatable bonds is 5. The summed E-state index contributed by atoms with van der Waals surface area (Å²) in [4.78, 5) is 20.1. The topological polar surface area (TPSA) is 69.6 Å². The highest BCUT2D eigenvalue weighted by Gasteiger charge is 2.38. The number of oxazole rings is 1. The highest BCUT2D eigenvalue weighted by Crippen LogP contribution is 2.52. The second kappa shape index (κ2) is 11.9. The molecule has 0 saturated heterocycles. The lowest BCUT2D eigenvalue weighted by Crippen LogP contribution is -2.14. The summed E-state index contributed by atoms with van der Waals surface area (Å²) in [5.41, 5.74) is 13.6. The average molecular weight is 708 g/mol. The summed E-state index contributed by atoms with van der Waals surface area (Å²) in [6.07, 6.45) is 0. The van der Waals surface area contributed by atoms with Crippen LogP contribution in [0.25, 0.3) is 95.3 Å². The van der Waals surface area contributed by atoms with Crippen LogP contribution in [0.2, 0.25) is 0 Å². The smallest absolute Gasteiger partial charge is 0.238 e. The third-order valence-corrected chi connectivity index (χ3v) is 11.1. The quantitative estimate of drug-likeness (QED) is 0.178. The molecule has 7 aromatic carbocycles. The maximum atomic E-state index is 6.50. The Balaban J connectivity index is 0.999. The van der Waals surface area contributed by atoms with Gasteiger partial charge in [-0.2, -0.15) is 9.97 Å². The van der Waals surface area contributed by atoms with E-state index in [1.54, 1.807) is 0 Å². The van der Waals surface area contributed by atoms with Crippen molar-refractivity contribution in [2.24, 2.45) is 0 Å². The SMILES string of the molecule is CC1(C)c2cc(-c3ccc(-c4nc(-c5ccccc5)nc(-n5c6ccccc6c6ccccc65)n4)cc3)ccc2-c2c1ccc1nc(-c3ccccc3)oc21. The molecule has 0 N–H and O–H groups in total. The second-order valence-electron chi connectivity index (χ2n) is 14.7. The fourth-order valence-corrected chi connectivity index (χ4v) is 8.35. The highest BCUT2D eigenvalue weighted by molar-refractivity contribution is 6.09. The molecule has 0 amide bonds. The molecule has 0 bridgehead atoms. The number of benzene rings is 7. The van der Waals surface area contributed by atoms with Crippen LogP contribution in [-0.2, 0) is 5.41 Å². The van der Waals surface area contributed by atoms with Crippen molar-refractivity contribution >= 4 is 32.9 Å². The summed E-state index contributed by atoms with van der Waals surface area (Å²) < 4.78 is 8.65. The zero-order valence-electron chi connectivity index (χ0n) is 30.2. The van der Waals surface area contributed by atoms with Gasteiger partial charge < -0.3 is 4.42 Å². The van der Waals surface area contributed by atoms with Crippen LogP contribution in [0.15, 0.2) is 168 Å². The minimum absolute atomic E-state index is 0.212. The van der Waals surface area contributed by atoms with Gasteiger partial charge in [-0.3, -0.25) is 4.57 Å². The molecule has 1 aliphatic carbocycles. The van der Waals surface area contributed by atoms with Crippen LogP contribution in [0.1, 0.15) is 25.0 Å². The van der Waals surface area contributed by atoms with Crippen LogP contribution in [0, 0.1) is 0 Å². The zero-order chi connectivity index (χ0) is 36.7. The molecule has 1 aliphatic rings. The Hall–Kier alpha value is -7.18. The first-order chi connectivity index (χ1) is 27.0. The second-order valence-corrected chi connectivity index (χ2v) is 14.7. The molecule has 6 heteroatoms. The van der Waals surface area contributed by atoms with Crippen molar-refractivity contribution in [2.75, 3.05) is 0 Å². The lowest BCUT2D eigenvalue weighted by Gasteiger charge is -2.22. The number of hydrogen-bond donors (Lipinski definition) is 0. The molecular weight excluding hydrogens is 675 g/mol. The van der Waals surface area contributed by atoms with Gasteiger partial charge in [-0.15, -0.1) is 0 Å². The van der Waals surface area contributed by atoms with Gasteiger partial charge in [0.1, 0.15) is 5.52 Å². The number of fused-ring (bicyclic) bond motifs is 8. The largest absolute Gasteiger partial charge is 0.435 e. The first kappa shape index (κ1) is 31.4. The molecule has 0 radical (unpaired) electrons. The molecule has 0 aliphatic heterocycles. The fourth-order valence-electron chi connectivity index (χ4n) is 8.35. The number of aromatic nitrogens is 5. The van der Waals surface area contributed by atoms with Gasteiger partial charge in [0.2, 0.25) is 11.8 Å². The van der Waals surface area contributed by atoms with E-state index in [2.05, 4.69) is 122 Å². The van der Waals surface area contributed by atoms with Crippen molar-refractivity contribution in [2.45, 2.75) is 19.3 Å². The summed E-state index contributed by atoms with van der Waals surface area (Å²) in [5.74, 6) is 2.48. The van der Waals surface area contributed by atoms with Crippen molar-refractivity contribution in [3.8, 4) is 62.4 Å². The lowest BCUT2D eigenvalue weighted by atomic mass is 9.81.